The van der Waals surface area contributed by atoms with Crippen LogP contribution in [0.4, 0.5) is 0 Å². The monoisotopic (exact) mass is 262 g/mol. The van der Waals surface area contributed by atoms with Gasteiger partial charge in [0.25, 0.3) is 0 Å². The summed E-state index contributed by atoms with van der Waals surface area (Å²) in [5, 5.41) is 0. The normalized spacial score (nSPS) is 21.1. The van der Waals surface area contributed by atoms with Gasteiger partial charge in [-0.15, -0.1) is 0 Å². The van der Waals surface area contributed by atoms with Crippen LogP contribution in [-0.4, -0.2) is 55.1 Å². The second-order valence-corrected chi connectivity index (χ2v) is 7.18. The molecule has 0 radical (unpaired) electrons. The molecule has 1 atom stereocenters. The quantitative estimate of drug-likeness (QED) is 0.485. The molecule has 0 aromatic rings. The fourth-order valence-corrected chi connectivity index (χ4v) is 2.79. The lowest BCUT2D eigenvalue weighted by molar-refractivity contribution is 0.0105. The van der Waals surface area contributed by atoms with Gasteiger partial charge < -0.3 is 22.8 Å². The van der Waals surface area contributed by atoms with Crippen LogP contribution in [0.25, 0.3) is 0 Å². The van der Waals surface area contributed by atoms with E-state index in [4.69, 9.17) is 22.8 Å². The highest BCUT2D eigenvalue weighted by Gasteiger charge is 2.35. The van der Waals surface area contributed by atoms with E-state index >= 15 is 0 Å². The Kier molecular flexibility index (Phi) is 5.30. The third kappa shape index (κ3) is 4.87. The fourth-order valence-electron chi connectivity index (χ4n) is 1.28. The van der Waals surface area contributed by atoms with Gasteiger partial charge in [0.2, 0.25) is 0 Å². The molecule has 100 valence electrons. The lowest BCUT2D eigenvalue weighted by Crippen LogP contribution is -2.41. The molecule has 1 aliphatic rings. The molecule has 6 heteroatoms. The molecule has 0 aromatic heterocycles. The van der Waals surface area contributed by atoms with E-state index in [0.717, 1.165) is 6.61 Å². The van der Waals surface area contributed by atoms with Crippen molar-refractivity contribution >= 4 is 8.80 Å². The smallest absolute Gasteiger partial charge is 0.374 e. The second-order valence-electron chi connectivity index (χ2n) is 4.42. The molecule has 1 aliphatic heterocycles. The topological polar surface area (TPSA) is 49.5 Å². The van der Waals surface area contributed by atoms with E-state index in [1.807, 2.05) is 25.6 Å². The number of hydrogen-bond acceptors (Lipinski definition) is 5. The summed E-state index contributed by atoms with van der Waals surface area (Å²) >= 11 is 0. The molecular formula is C11H22O5Si. The molecule has 0 spiro atoms. The molecule has 17 heavy (non-hydrogen) atoms. The van der Waals surface area contributed by atoms with Crippen LogP contribution in [0.3, 0.4) is 0 Å². The number of rotatable bonds is 8. The number of ether oxygens (including phenoxy) is 2. The highest BCUT2D eigenvalue weighted by molar-refractivity contribution is 6.66. The first kappa shape index (κ1) is 14.8. The Morgan fingerprint density at radius 1 is 1.24 bits per heavy atom. The van der Waals surface area contributed by atoms with E-state index < -0.39 is 8.80 Å². The van der Waals surface area contributed by atoms with Crippen molar-refractivity contribution in [3.8, 4) is 0 Å². The standard InChI is InChI=1S/C11H22O5Si/c1-11(2,16-9-10-8-15-10)6-7-17(12-3,13-4)14-5/h6-7,10H,8-9H2,1-5H3. The highest BCUT2D eigenvalue weighted by Crippen LogP contribution is 2.18. The summed E-state index contributed by atoms with van der Waals surface area (Å²) < 4.78 is 26.7. The first-order valence-corrected chi connectivity index (χ1v) is 7.38. The van der Waals surface area contributed by atoms with Crippen LogP contribution in [0, 0.1) is 0 Å². The highest BCUT2D eigenvalue weighted by atomic mass is 28.4. The van der Waals surface area contributed by atoms with Gasteiger partial charge in [-0.3, -0.25) is 0 Å². The maximum absolute atomic E-state index is 5.73. The number of epoxide rings is 1. The second kappa shape index (κ2) is 6.08. The van der Waals surface area contributed by atoms with Crippen molar-refractivity contribution in [3.05, 3.63) is 11.8 Å². The summed E-state index contributed by atoms with van der Waals surface area (Å²) in [7, 11) is 2.08. The molecule has 1 unspecified atom stereocenters. The molecule has 0 aromatic carbocycles. The van der Waals surface area contributed by atoms with E-state index in [2.05, 4.69) is 0 Å². The summed E-state index contributed by atoms with van der Waals surface area (Å²) in [5.74, 6) is 0. The molecule has 1 saturated heterocycles. The Balaban J connectivity index is 2.52. The summed E-state index contributed by atoms with van der Waals surface area (Å²) in [6.07, 6.45) is 2.18. The van der Waals surface area contributed by atoms with Crippen molar-refractivity contribution < 1.29 is 22.8 Å². The summed E-state index contributed by atoms with van der Waals surface area (Å²) in [6, 6.07) is 0. The van der Waals surface area contributed by atoms with E-state index in [1.165, 1.54) is 0 Å². The molecular weight excluding hydrogens is 240 g/mol. The Morgan fingerprint density at radius 3 is 2.18 bits per heavy atom. The molecule has 0 bridgehead atoms. The van der Waals surface area contributed by atoms with E-state index in [9.17, 15) is 0 Å². The van der Waals surface area contributed by atoms with Gasteiger partial charge in [0, 0.05) is 21.3 Å². The van der Waals surface area contributed by atoms with Gasteiger partial charge >= 0.3 is 8.80 Å². The van der Waals surface area contributed by atoms with Crippen LogP contribution in [0.1, 0.15) is 13.8 Å². The van der Waals surface area contributed by atoms with E-state index in [1.54, 1.807) is 21.3 Å². The lowest BCUT2D eigenvalue weighted by Gasteiger charge is -2.24. The zero-order chi connectivity index (χ0) is 12.9. The van der Waals surface area contributed by atoms with Crippen molar-refractivity contribution in [2.75, 3.05) is 34.5 Å². The molecule has 1 fully saturated rings. The van der Waals surface area contributed by atoms with Crippen LogP contribution >= 0.6 is 0 Å². The van der Waals surface area contributed by atoms with Crippen molar-refractivity contribution in [2.24, 2.45) is 0 Å². The van der Waals surface area contributed by atoms with Crippen molar-refractivity contribution in [1.82, 2.24) is 0 Å². The Labute approximate surface area is 104 Å². The Hall–Kier alpha value is -0.243. The minimum atomic E-state index is -2.66. The predicted molar refractivity (Wildman–Crippen MR) is 65.7 cm³/mol. The largest absolute Gasteiger partial charge is 0.528 e. The SMILES string of the molecule is CO[Si](C=CC(C)(C)OCC1CO1)(OC)OC. The van der Waals surface area contributed by atoms with Gasteiger partial charge in [-0.2, -0.15) is 0 Å². The summed E-state index contributed by atoms with van der Waals surface area (Å²) in [4.78, 5) is 0. The zero-order valence-electron chi connectivity index (χ0n) is 11.2. The van der Waals surface area contributed by atoms with Crippen LogP contribution < -0.4 is 0 Å². The Bertz CT molecular complexity index is 250. The zero-order valence-corrected chi connectivity index (χ0v) is 12.2. The molecule has 0 saturated carbocycles. The minimum absolute atomic E-state index is 0.261. The molecule has 0 aliphatic carbocycles. The van der Waals surface area contributed by atoms with E-state index in [0.29, 0.717) is 6.61 Å². The van der Waals surface area contributed by atoms with Crippen molar-refractivity contribution in [3.63, 3.8) is 0 Å². The molecule has 0 amide bonds. The van der Waals surface area contributed by atoms with Gasteiger partial charge in [0.05, 0.1) is 18.8 Å². The maximum atomic E-state index is 5.73. The minimum Gasteiger partial charge on any atom is -0.374 e. The van der Waals surface area contributed by atoms with Crippen LogP contribution in [0.2, 0.25) is 0 Å². The van der Waals surface area contributed by atoms with Crippen molar-refractivity contribution in [1.29, 1.82) is 0 Å². The maximum Gasteiger partial charge on any atom is 0.528 e. The molecule has 0 N–H and O–H groups in total. The van der Waals surface area contributed by atoms with Gasteiger partial charge in [-0.05, 0) is 19.5 Å². The summed E-state index contributed by atoms with van der Waals surface area (Å²) in [5.41, 5.74) is 1.44. The van der Waals surface area contributed by atoms with Gasteiger partial charge in [-0.25, -0.2) is 0 Å². The van der Waals surface area contributed by atoms with Crippen LogP contribution in [-0.2, 0) is 22.8 Å². The van der Waals surface area contributed by atoms with Crippen LogP contribution in [0.15, 0.2) is 11.8 Å². The molecule has 5 nitrogen and oxygen atoms in total. The van der Waals surface area contributed by atoms with Gasteiger partial charge in [0.1, 0.15) is 6.10 Å². The first-order chi connectivity index (χ1) is 7.97. The average Bonchev–Trinajstić information content (AvgIpc) is 3.13. The third-order valence-electron chi connectivity index (χ3n) is 2.59. The summed E-state index contributed by atoms with van der Waals surface area (Å²) in [6.45, 7) is 5.36. The third-order valence-corrected chi connectivity index (χ3v) is 4.87. The average molecular weight is 262 g/mol. The van der Waals surface area contributed by atoms with Crippen LogP contribution in [0.5, 0.6) is 0 Å². The molecule has 1 rings (SSSR count). The predicted octanol–water partition coefficient (Wildman–Crippen LogP) is 1.15. The van der Waals surface area contributed by atoms with Gasteiger partial charge in [-0.1, -0.05) is 6.08 Å². The fraction of sp³-hybridized carbons (Fsp3) is 0.818. The van der Waals surface area contributed by atoms with Crippen molar-refractivity contribution in [2.45, 2.75) is 25.6 Å². The lowest BCUT2D eigenvalue weighted by atomic mass is 10.1. The molecule has 1 heterocycles. The van der Waals surface area contributed by atoms with E-state index in [-0.39, 0.29) is 11.7 Å². The number of hydrogen-bond donors (Lipinski definition) is 0. The first-order valence-electron chi connectivity index (χ1n) is 5.58. The Morgan fingerprint density at radius 2 is 1.76 bits per heavy atom. The van der Waals surface area contributed by atoms with Gasteiger partial charge in [0.15, 0.2) is 0 Å².